The number of benzene rings is 1. The van der Waals surface area contributed by atoms with Crippen LogP contribution in [0.3, 0.4) is 0 Å². The molecular weight excluding hydrogens is 290 g/mol. The molecule has 2 aliphatic rings. The Hall–Kier alpha value is -2.04. The monoisotopic (exact) mass is 315 g/mol. The SMILES string of the molecule is CC1(C)Nc2ccccc2N(CC(=O)NC2CCCCC2)C1=O. The molecule has 0 bridgehead atoms. The van der Waals surface area contributed by atoms with Crippen LogP contribution in [0.2, 0.25) is 0 Å². The minimum absolute atomic E-state index is 0.0715. The van der Waals surface area contributed by atoms with Crippen molar-refractivity contribution >= 4 is 23.2 Å². The molecule has 1 fully saturated rings. The first-order valence-electron chi connectivity index (χ1n) is 8.46. The van der Waals surface area contributed by atoms with E-state index in [1.807, 2.05) is 38.1 Å². The molecule has 1 aliphatic carbocycles. The van der Waals surface area contributed by atoms with Crippen molar-refractivity contribution in [3.63, 3.8) is 0 Å². The number of carbonyl (C=O) groups is 2. The van der Waals surface area contributed by atoms with Gasteiger partial charge in [-0.3, -0.25) is 14.5 Å². The van der Waals surface area contributed by atoms with Gasteiger partial charge in [0.15, 0.2) is 0 Å². The summed E-state index contributed by atoms with van der Waals surface area (Å²) in [5.74, 6) is -0.146. The van der Waals surface area contributed by atoms with Crippen molar-refractivity contribution < 1.29 is 9.59 Å². The molecule has 1 aromatic rings. The van der Waals surface area contributed by atoms with Crippen molar-refractivity contribution in [2.45, 2.75) is 57.5 Å². The Bertz CT molecular complexity index is 606. The van der Waals surface area contributed by atoms with Crippen molar-refractivity contribution in [3.05, 3.63) is 24.3 Å². The molecule has 1 heterocycles. The Balaban J connectivity index is 1.75. The van der Waals surface area contributed by atoms with Crippen LogP contribution in [0.25, 0.3) is 0 Å². The summed E-state index contributed by atoms with van der Waals surface area (Å²) in [6.45, 7) is 3.77. The van der Waals surface area contributed by atoms with Crippen LogP contribution in [0, 0.1) is 0 Å². The lowest BCUT2D eigenvalue weighted by atomic mass is 9.95. The molecule has 2 amide bonds. The molecule has 0 atom stereocenters. The maximum atomic E-state index is 12.7. The van der Waals surface area contributed by atoms with E-state index >= 15 is 0 Å². The van der Waals surface area contributed by atoms with Gasteiger partial charge in [0.2, 0.25) is 5.91 Å². The molecule has 0 aromatic heterocycles. The van der Waals surface area contributed by atoms with Gasteiger partial charge in [0.1, 0.15) is 12.1 Å². The third-order valence-electron chi connectivity index (χ3n) is 4.69. The Morgan fingerprint density at radius 2 is 1.96 bits per heavy atom. The average molecular weight is 315 g/mol. The van der Waals surface area contributed by atoms with Crippen LogP contribution in [0.4, 0.5) is 11.4 Å². The molecule has 3 rings (SSSR count). The number of nitrogens with zero attached hydrogens (tertiary/aromatic N) is 1. The maximum Gasteiger partial charge on any atom is 0.252 e. The van der Waals surface area contributed by atoms with Crippen LogP contribution >= 0.6 is 0 Å². The standard InChI is InChI=1S/C18H25N3O2/c1-18(2)17(23)21(15-11-7-6-10-14(15)20-18)12-16(22)19-13-8-4-3-5-9-13/h6-7,10-11,13,20H,3-5,8-9,12H2,1-2H3,(H,19,22). The zero-order valence-corrected chi connectivity index (χ0v) is 13.9. The number of anilines is 2. The van der Waals surface area contributed by atoms with Gasteiger partial charge in [-0.15, -0.1) is 0 Å². The summed E-state index contributed by atoms with van der Waals surface area (Å²) < 4.78 is 0. The summed E-state index contributed by atoms with van der Waals surface area (Å²) in [5, 5.41) is 6.34. The highest BCUT2D eigenvalue weighted by atomic mass is 16.2. The normalized spacial score (nSPS) is 20.6. The number of rotatable bonds is 3. The lowest BCUT2D eigenvalue weighted by Gasteiger charge is -2.39. The van der Waals surface area contributed by atoms with E-state index in [1.165, 1.54) is 19.3 Å². The topological polar surface area (TPSA) is 61.4 Å². The van der Waals surface area contributed by atoms with Gasteiger partial charge in [-0.2, -0.15) is 0 Å². The zero-order valence-electron chi connectivity index (χ0n) is 13.9. The van der Waals surface area contributed by atoms with Gasteiger partial charge < -0.3 is 10.6 Å². The summed E-state index contributed by atoms with van der Waals surface area (Å²) in [6.07, 6.45) is 5.69. The molecular formula is C18H25N3O2. The minimum Gasteiger partial charge on any atom is -0.370 e. The zero-order chi connectivity index (χ0) is 16.4. The molecule has 0 unspecified atom stereocenters. The first-order chi connectivity index (χ1) is 11.0. The maximum absolute atomic E-state index is 12.7. The first-order valence-corrected chi connectivity index (χ1v) is 8.46. The van der Waals surface area contributed by atoms with Crippen LogP contribution in [0.1, 0.15) is 46.0 Å². The number of amides is 2. The van der Waals surface area contributed by atoms with Crippen LogP contribution < -0.4 is 15.5 Å². The van der Waals surface area contributed by atoms with Crippen molar-refractivity contribution in [2.24, 2.45) is 0 Å². The highest BCUT2D eigenvalue weighted by molar-refractivity contribution is 6.09. The largest absolute Gasteiger partial charge is 0.370 e. The van der Waals surface area contributed by atoms with Gasteiger partial charge in [0.25, 0.3) is 5.91 Å². The summed E-state index contributed by atoms with van der Waals surface area (Å²) >= 11 is 0. The molecule has 124 valence electrons. The number of hydrogen-bond acceptors (Lipinski definition) is 3. The molecule has 0 saturated heterocycles. The Kier molecular flexibility index (Phi) is 4.28. The molecule has 1 aromatic carbocycles. The number of hydrogen-bond donors (Lipinski definition) is 2. The van der Waals surface area contributed by atoms with E-state index in [2.05, 4.69) is 10.6 Å². The van der Waals surface area contributed by atoms with E-state index in [0.29, 0.717) is 0 Å². The Morgan fingerprint density at radius 3 is 2.70 bits per heavy atom. The molecule has 23 heavy (non-hydrogen) atoms. The van der Waals surface area contributed by atoms with Crippen LogP contribution in [-0.4, -0.2) is 29.9 Å². The predicted molar refractivity (Wildman–Crippen MR) is 91.5 cm³/mol. The average Bonchev–Trinajstić information content (AvgIpc) is 2.52. The van der Waals surface area contributed by atoms with E-state index < -0.39 is 5.54 Å². The molecule has 1 saturated carbocycles. The van der Waals surface area contributed by atoms with E-state index in [9.17, 15) is 9.59 Å². The highest BCUT2D eigenvalue weighted by Gasteiger charge is 2.39. The summed E-state index contributed by atoms with van der Waals surface area (Å²) in [6, 6.07) is 7.90. The molecule has 5 nitrogen and oxygen atoms in total. The van der Waals surface area contributed by atoms with Crippen molar-refractivity contribution in [1.82, 2.24) is 5.32 Å². The highest BCUT2D eigenvalue weighted by Crippen LogP contribution is 2.34. The number of fused-ring (bicyclic) bond motifs is 1. The third-order valence-corrected chi connectivity index (χ3v) is 4.69. The van der Waals surface area contributed by atoms with Crippen molar-refractivity contribution in [1.29, 1.82) is 0 Å². The quantitative estimate of drug-likeness (QED) is 0.901. The van der Waals surface area contributed by atoms with Crippen LogP contribution in [-0.2, 0) is 9.59 Å². The van der Waals surface area contributed by atoms with Gasteiger partial charge in [-0.1, -0.05) is 31.4 Å². The van der Waals surface area contributed by atoms with Gasteiger partial charge in [0.05, 0.1) is 11.4 Å². The number of nitrogens with one attached hydrogen (secondary N) is 2. The fourth-order valence-corrected chi connectivity index (χ4v) is 3.47. The van der Waals surface area contributed by atoms with Gasteiger partial charge >= 0.3 is 0 Å². The smallest absolute Gasteiger partial charge is 0.252 e. The minimum atomic E-state index is -0.709. The first kappa shape index (κ1) is 15.8. The van der Waals surface area contributed by atoms with Gasteiger partial charge in [-0.25, -0.2) is 0 Å². The fourth-order valence-electron chi connectivity index (χ4n) is 3.47. The molecule has 0 radical (unpaired) electrons. The second-order valence-electron chi connectivity index (χ2n) is 7.06. The van der Waals surface area contributed by atoms with E-state index in [-0.39, 0.29) is 24.4 Å². The summed E-state index contributed by atoms with van der Waals surface area (Å²) in [7, 11) is 0. The fraction of sp³-hybridized carbons (Fsp3) is 0.556. The number of para-hydroxylation sites is 2. The Morgan fingerprint density at radius 1 is 1.26 bits per heavy atom. The van der Waals surface area contributed by atoms with Crippen LogP contribution in [0.15, 0.2) is 24.3 Å². The second-order valence-corrected chi connectivity index (χ2v) is 7.06. The summed E-state index contributed by atoms with van der Waals surface area (Å²) in [5.41, 5.74) is 0.956. The molecule has 0 spiro atoms. The van der Waals surface area contributed by atoms with E-state index in [0.717, 1.165) is 24.2 Å². The molecule has 1 aliphatic heterocycles. The lowest BCUT2D eigenvalue weighted by molar-refractivity contribution is -0.126. The molecule has 5 heteroatoms. The van der Waals surface area contributed by atoms with Crippen LogP contribution in [0.5, 0.6) is 0 Å². The Labute approximate surface area is 137 Å². The van der Waals surface area contributed by atoms with Crippen molar-refractivity contribution in [2.75, 3.05) is 16.8 Å². The van der Waals surface area contributed by atoms with E-state index in [1.54, 1.807) is 4.90 Å². The third kappa shape index (κ3) is 3.33. The number of carbonyl (C=O) groups excluding carboxylic acids is 2. The predicted octanol–water partition coefficient (Wildman–Crippen LogP) is 2.67. The van der Waals surface area contributed by atoms with Crippen molar-refractivity contribution in [3.8, 4) is 0 Å². The lowest BCUT2D eigenvalue weighted by Crippen LogP contribution is -2.56. The summed E-state index contributed by atoms with van der Waals surface area (Å²) in [4.78, 5) is 26.7. The van der Waals surface area contributed by atoms with E-state index in [4.69, 9.17) is 0 Å². The molecule has 2 N–H and O–H groups in total. The second kappa shape index (κ2) is 6.22. The van der Waals surface area contributed by atoms with Gasteiger partial charge in [-0.05, 0) is 38.8 Å². The van der Waals surface area contributed by atoms with Gasteiger partial charge in [0, 0.05) is 6.04 Å².